The summed E-state index contributed by atoms with van der Waals surface area (Å²) in [4.78, 5) is 16.5. The Hall–Kier alpha value is -2.36. The molecule has 0 aliphatic heterocycles. The SMILES string of the molecule is CCc1cccc(CC)c1Nc1ccnc(C(=O)NC(C)(C)C)c1. The minimum absolute atomic E-state index is 0.161. The van der Waals surface area contributed by atoms with Crippen LogP contribution in [0.15, 0.2) is 36.5 Å². The van der Waals surface area contributed by atoms with Crippen molar-refractivity contribution in [2.24, 2.45) is 0 Å². The van der Waals surface area contributed by atoms with E-state index < -0.39 is 0 Å². The number of aromatic nitrogens is 1. The normalized spacial score (nSPS) is 11.2. The molecule has 1 aromatic heterocycles. The molecule has 0 atom stereocenters. The maximum atomic E-state index is 12.3. The number of nitrogens with zero attached hydrogens (tertiary/aromatic N) is 1. The lowest BCUT2D eigenvalue weighted by Gasteiger charge is -2.20. The number of amides is 1. The zero-order chi connectivity index (χ0) is 17.7. The van der Waals surface area contributed by atoms with Crippen molar-refractivity contribution in [2.45, 2.75) is 53.0 Å². The van der Waals surface area contributed by atoms with Crippen molar-refractivity contribution in [3.63, 3.8) is 0 Å². The Balaban J connectivity index is 2.29. The van der Waals surface area contributed by atoms with E-state index >= 15 is 0 Å². The highest BCUT2D eigenvalue weighted by Crippen LogP contribution is 2.26. The largest absolute Gasteiger partial charge is 0.355 e. The van der Waals surface area contributed by atoms with E-state index in [0.29, 0.717) is 5.69 Å². The molecule has 4 heteroatoms. The summed E-state index contributed by atoms with van der Waals surface area (Å²) in [7, 11) is 0. The van der Waals surface area contributed by atoms with Crippen molar-refractivity contribution in [1.82, 2.24) is 10.3 Å². The van der Waals surface area contributed by atoms with Crippen LogP contribution in [0.4, 0.5) is 11.4 Å². The van der Waals surface area contributed by atoms with Crippen LogP contribution in [-0.4, -0.2) is 16.4 Å². The lowest BCUT2D eigenvalue weighted by molar-refractivity contribution is 0.0914. The molecule has 0 saturated carbocycles. The Labute approximate surface area is 144 Å². The molecule has 1 aromatic carbocycles. The van der Waals surface area contributed by atoms with Crippen LogP contribution in [0.2, 0.25) is 0 Å². The summed E-state index contributed by atoms with van der Waals surface area (Å²) in [6.45, 7) is 10.2. The molecule has 0 fully saturated rings. The minimum atomic E-state index is -0.285. The fourth-order valence-corrected chi connectivity index (χ4v) is 2.58. The fraction of sp³-hybridized carbons (Fsp3) is 0.400. The topological polar surface area (TPSA) is 54.0 Å². The Morgan fingerprint density at radius 1 is 1.08 bits per heavy atom. The van der Waals surface area contributed by atoms with Gasteiger partial charge in [-0.05, 0) is 56.9 Å². The van der Waals surface area contributed by atoms with Crippen LogP contribution in [0, 0.1) is 0 Å². The van der Waals surface area contributed by atoms with Crippen molar-refractivity contribution in [2.75, 3.05) is 5.32 Å². The number of hydrogen-bond acceptors (Lipinski definition) is 3. The molecule has 0 aliphatic carbocycles. The summed E-state index contributed by atoms with van der Waals surface area (Å²) in [6.07, 6.45) is 3.58. The van der Waals surface area contributed by atoms with Gasteiger partial charge in [0.2, 0.25) is 0 Å². The number of para-hydroxylation sites is 1. The molecule has 0 radical (unpaired) electrons. The van der Waals surface area contributed by atoms with E-state index in [1.807, 2.05) is 26.8 Å². The fourth-order valence-electron chi connectivity index (χ4n) is 2.58. The monoisotopic (exact) mass is 325 g/mol. The second-order valence-corrected chi connectivity index (χ2v) is 6.92. The van der Waals surface area contributed by atoms with Crippen LogP contribution in [-0.2, 0) is 12.8 Å². The number of nitrogens with one attached hydrogen (secondary N) is 2. The van der Waals surface area contributed by atoms with Gasteiger partial charge in [0.05, 0.1) is 0 Å². The molecule has 128 valence electrons. The molecule has 2 N–H and O–H groups in total. The second-order valence-electron chi connectivity index (χ2n) is 6.92. The van der Waals surface area contributed by atoms with Gasteiger partial charge in [-0.15, -0.1) is 0 Å². The van der Waals surface area contributed by atoms with Crippen molar-refractivity contribution in [1.29, 1.82) is 0 Å². The van der Waals surface area contributed by atoms with Gasteiger partial charge >= 0.3 is 0 Å². The Bertz CT molecular complexity index is 695. The lowest BCUT2D eigenvalue weighted by Crippen LogP contribution is -2.40. The molecule has 4 nitrogen and oxygen atoms in total. The van der Waals surface area contributed by atoms with Crippen LogP contribution < -0.4 is 10.6 Å². The number of pyridine rings is 1. The van der Waals surface area contributed by atoms with Crippen LogP contribution in [0.25, 0.3) is 0 Å². The van der Waals surface area contributed by atoms with E-state index in [2.05, 4.69) is 47.7 Å². The van der Waals surface area contributed by atoms with Gasteiger partial charge in [-0.1, -0.05) is 32.0 Å². The summed E-state index contributed by atoms with van der Waals surface area (Å²) in [6, 6.07) is 10.1. The van der Waals surface area contributed by atoms with Crippen LogP contribution in [0.3, 0.4) is 0 Å². The summed E-state index contributed by atoms with van der Waals surface area (Å²) >= 11 is 0. The molecule has 0 bridgehead atoms. The van der Waals surface area contributed by atoms with Crippen molar-refractivity contribution < 1.29 is 4.79 Å². The molecule has 2 rings (SSSR count). The standard InChI is InChI=1S/C20H27N3O/c1-6-14-9-8-10-15(7-2)18(14)22-16-11-12-21-17(13-16)19(24)23-20(3,4)5/h8-13H,6-7H2,1-5H3,(H,21,22)(H,23,24). The van der Waals surface area contributed by atoms with Crippen molar-refractivity contribution in [3.8, 4) is 0 Å². The highest BCUT2D eigenvalue weighted by molar-refractivity contribution is 5.93. The van der Waals surface area contributed by atoms with Gasteiger partial charge in [0.15, 0.2) is 0 Å². The molecule has 0 saturated heterocycles. The Kier molecular flexibility index (Phi) is 5.60. The zero-order valence-corrected chi connectivity index (χ0v) is 15.2. The van der Waals surface area contributed by atoms with Gasteiger partial charge in [-0.3, -0.25) is 9.78 Å². The van der Waals surface area contributed by atoms with E-state index in [0.717, 1.165) is 24.2 Å². The first kappa shape index (κ1) is 18.0. The van der Waals surface area contributed by atoms with Gasteiger partial charge in [0, 0.05) is 23.1 Å². The quantitative estimate of drug-likeness (QED) is 0.852. The van der Waals surface area contributed by atoms with E-state index in [1.54, 1.807) is 12.3 Å². The summed E-state index contributed by atoms with van der Waals surface area (Å²) < 4.78 is 0. The first-order chi connectivity index (χ1) is 11.3. The maximum Gasteiger partial charge on any atom is 0.270 e. The average molecular weight is 325 g/mol. The van der Waals surface area contributed by atoms with Crippen molar-refractivity contribution >= 4 is 17.3 Å². The summed E-state index contributed by atoms with van der Waals surface area (Å²) in [5.41, 5.74) is 4.68. The van der Waals surface area contributed by atoms with Gasteiger partial charge in [-0.25, -0.2) is 0 Å². The van der Waals surface area contributed by atoms with Crippen LogP contribution in [0.5, 0.6) is 0 Å². The number of hydrogen-bond donors (Lipinski definition) is 2. The second kappa shape index (κ2) is 7.47. The van der Waals surface area contributed by atoms with Gasteiger partial charge < -0.3 is 10.6 Å². The van der Waals surface area contributed by atoms with Crippen LogP contribution in [0.1, 0.15) is 56.2 Å². The molecule has 1 amide bonds. The number of anilines is 2. The molecule has 2 aromatic rings. The number of carbonyl (C=O) groups excluding carboxylic acids is 1. The van der Waals surface area contributed by atoms with Gasteiger partial charge in [0.1, 0.15) is 5.69 Å². The van der Waals surface area contributed by atoms with Crippen LogP contribution >= 0.6 is 0 Å². The van der Waals surface area contributed by atoms with E-state index in [1.165, 1.54) is 11.1 Å². The molecule has 1 heterocycles. The minimum Gasteiger partial charge on any atom is -0.355 e. The maximum absolute atomic E-state index is 12.3. The highest BCUT2D eigenvalue weighted by Gasteiger charge is 2.16. The molecular formula is C20H27N3O. The highest BCUT2D eigenvalue weighted by atomic mass is 16.2. The van der Waals surface area contributed by atoms with Gasteiger partial charge in [-0.2, -0.15) is 0 Å². The Morgan fingerprint density at radius 3 is 2.25 bits per heavy atom. The number of aryl methyl sites for hydroxylation is 2. The first-order valence-electron chi connectivity index (χ1n) is 8.50. The van der Waals surface area contributed by atoms with E-state index in [9.17, 15) is 4.79 Å². The van der Waals surface area contributed by atoms with Crippen molar-refractivity contribution in [3.05, 3.63) is 53.3 Å². The summed E-state index contributed by atoms with van der Waals surface area (Å²) in [5, 5.41) is 6.42. The third-order valence-corrected chi connectivity index (χ3v) is 3.75. The van der Waals surface area contributed by atoms with E-state index in [4.69, 9.17) is 0 Å². The molecule has 24 heavy (non-hydrogen) atoms. The predicted molar refractivity (Wildman–Crippen MR) is 99.9 cm³/mol. The summed E-state index contributed by atoms with van der Waals surface area (Å²) in [5.74, 6) is -0.161. The predicted octanol–water partition coefficient (Wildman–Crippen LogP) is 4.48. The number of carbonyl (C=O) groups is 1. The third-order valence-electron chi connectivity index (χ3n) is 3.75. The number of benzene rings is 1. The molecule has 0 aliphatic rings. The smallest absolute Gasteiger partial charge is 0.270 e. The third kappa shape index (κ3) is 4.57. The molecule has 0 spiro atoms. The molecule has 0 unspecified atom stereocenters. The lowest BCUT2D eigenvalue weighted by atomic mass is 10.0. The zero-order valence-electron chi connectivity index (χ0n) is 15.2. The molecular weight excluding hydrogens is 298 g/mol. The Morgan fingerprint density at radius 2 is 1.71 bits per heavy atom. The average Bonchev–Trinajstić information content (AvgIpc) is 2.53. The van der Waals surface area contributed by atoms with E-state index in [-0.39, 0.29) is 11.4 Å². The first-order valence-corrected chi connectivity index (χ1v) is 8.50. The van der Waals surface area contributed by atoms with Gasteiger partial charge in [0.25, 0.3) is 5.91 Å². The number of rotatable bonds is 5.